The molecule has 2 rings (SSSR count). The van der Waals surface area contributed by atoms with Gasteiger partial charge in [0.15, 0.2) is 5.16 Å². The molecule has 0 bridgehead atoms. The summed E-state index contributed by atoms with van der Waals surface area (Å²) in [5.74, 6) is 1.09. The summed E-state index contributed by atoms with van der Waals surface area (Å²) in [5, 5.41) is 11.3. The molecule has 9 heteroatoms. The number of hydrogen-bond acceptors (Lipinski definition) is 6. The van der Waals surface area contributed by atoms with Crippen LogP contribution < -0.4 is 5.56 Å². The highest BCUT2D eigenvalue weighted by molar-refractivity contribution is 8.03. The fourth-order valence-corrected chi connectivity index (χ4v) is 4.23. The van der Waals surface area contributed by atoms with Crippen LogP contribution in [-0.4, -0.2) is 31.8 Å². The van der Waals surface area contributed by atoms with Gasteiger partial charge in [0, 0.05) is 45.7 Å². The van der Waals surface area contributed by atoms with Crippen LogP contribution in [0.3, 0.4) is 0 Å². The van der Waals surface area contributed by atoms with Crippen LogP contribution in [0, 0.1) is 17.0 Å². The van der Waals surface area contributed by atoms with Gasteiger partial charge in [0.05, 0.1) is 4.92 Å². The maximum absolute atomic E-state index is 11.4. The first-order valence-electron chi connectivity index (χ1n) is 6.66. The van der Waals surface area contributed by atoms with Crippen molar-refractivity contribution in [1.29, 1.82) is 0 Å². The van der Waals surface area contributed by atoms with E-state index in [4.69, 9.17) is 11.6 Å². The van der Waals surface area contributed by atoms with Crippen LogP contribution in [0.5, 0.6) is 0 Å². The van der Waals surface area contributed by atoms with Gasteiger partial charge >= 0.3 is 0 Å². The summed E-state index contributed by atoms with van der Waals surface area (Å²) in [7, 11) is 0. The van der Waals surface area contributed by atoms with Gasteiger partial charge < -0.3 is 4.98 Å². The number of benzene rings is 1. The molecular formula is C14H14ClN3O3S2. The lowest BCUT2D eigenvalue weighted by molar-refractivity contribution is -0.384. The number of non-ortho nitro benzene ring substituents is 1. The number of rotatable bonds is 7. The molecule has 0 saturated heterocycles. The molecule has 122 valence electrons. The van der Waals surface area contributed by atoms with Crippen LogP contribution in [0.15, 0.2) is 45.2 Å². The maximum atomic E-state index is 11.4. The van der Waals surface area contributed by atoms with Gasteiger partial charge in [0.2, 0.25) is 0 Å². The van der Waals surface area contributed by atoms with E-state index in [9.17, 15) is 14.9 Å². The lowest BCUT2D eigenvalue weighted by Crippen LogP contribution is -2.12. The molecule has 0 spiro atoms. The number of aryl methyl sites for hydroxylation is 1. The van der Waals surface area contributed by atoms with E-state index in [1.54, 1.807) is 30.8 Å². The minimum atomic E-state index is -0.427. The molecule has 1 atom stereocenters. The topological polar surface area (TPSA) is 88.9 Å². The van der Waals surface area contributed by atoms with E-state index in [0.717, 1.165) is 4.90 Å². The average Bonchev–Trinajstić information content (AvgIpc) is 2.51. The second-order valence-corrected chi connectivity index (χ2v) is 7.34. The van der Waals surface area contributed by atoms with Crippen molar-refractivity contribution in [2.24, 2.45) is 0 Å². The SMILES string of the molecule is Cc1cc(=O)[nH]c(SC[C@H](CCl)Sc2ccc([N+](=O)[O-])cc2)n1. The van der Waals surface area contributed by atoms with E-state index in [2.05, 4.69) is 9.97 Å². The predicted molar refractivity (Wildman–Crippen MR) is 93.8 cm³/mol. The van der Waals surface area contributed by atoms with E-state index in [0.29, 0.717) is 22.5 Å². The fraction of sp³-hybridized carbons (Fsp3) is 0.286. The van der Waals surface area contributed by atoms with E-state index in [1.165, 1.54) is 30.0 Å². The van der Waals surface area contributed by atoms with E-state index < -0.39 is 4.92 Å². The Bertz CT molecular complexity index is 737. The van der Waals surface area contributed by atoms with E-state index in [1.807, 2.05) is 0 Å². The molecule has 6 nitrogen and oxygen atoms in total. The highest BCUT2D eigenvalue weighted by Gasteiger charge is 2.13. The monoisotopic (exact) mass is 371 g/mol. The minimum absolute atomic E-state index is 0.0627. The van der Waals surface area contributed by atoms with Crippen LogP contribution in [0.1, 0.15) is 5.69 Å². The summed E-state index contributed by atoms with van der Waals surface area (Å²) in [6, 6.07) is 7.80. The summed E-state index contributed by atoms with van der Waals surface area (Å²) >= 11 is 8.96. The summed E-state index contributed by atoms with van der Waals surface area (Å²) in [5.41, 5.74) is 0.555. The third-order valence-corrected chi connectivity index (χ3v) is 5.79. The van der Waals surface area contributed by atoms with Gasteiger partial charge in [-0.25, -0.2) is 4.98 Å². The number of H-pyrrole nitrogens is 1. The molecule has 2 aromatic rings. The Morgan fingerprint density at radius 2 is 2.09 bits per heavy atom. The Morgan fingerprint density at radius 3 is 2.65 bits per heavy atom. The largest absolute Gasteiger partial charge is 0.301 e. The molecule has 0 aliphatic heterocycles. The second kappa shape index (κ2) is 8.37. The van der Waals surface area contributed by atoms with Crippen molar-refractivity contribution in [3.05, 3.63) is 56.5 Å². The summed E-state index contributed by atoms with van der Waals surface area (Å²) in [6.45, 7) is 1.77. The summed E-state index contributed by atoms with van der Waals surface area (Å²) in [4.78, 5) is 29.5. The Kier molecular flexibility index (Phi) is 6.49. The van der Waals surface area contributed by atoms with Crippen molar-refractivity contribution in [2.45, 2.75) is 22.2 Å². The van der Waals surface area contributed by atoms with Crippen LogP contribution in [-0.2, 0) is 0 Å². The van der Waals surface area contributed by atoms with Crippen molar-refractivity contribution in [1.82, 2.24) is 9.97 Å². The predicted octanol–water partition coefficient (Wildman–Crippen LogP) is 3.48. The van der Waals surface area contributed by atoms with Gasteiger partial charge in [-0.1, -0.05) is 11.8 Å². The normalized spacial score (nSPS) is 12.1. The van der Waals surface area contributed by atoms with Gasteiger partial charge in [-0.3, -0.25) is 14.9 Å². The molecule has 0 radical (unpaired) electrons. The first-order valence-corrected chi connectivity index (χ1v) is 9.05. The third kappa shape index (κ3) is 5.56. The first kappa shape index (κ1) is 17.8. The van der Waals surface area contributed by atoms with Gasteiger partial charge in [0.1, 0.15) is 0 Å². The van der Waals surface area contributed by atoms with Crippen LogP contribution in [0.4, 0.5) is 5.69 Å². The molecule has 0 aliphatic rings. The zero-order chi connectivity index (χ0) is 16.8. The number of nitrogens with one attached hydrogen (secondary N) is 1. The fourth-order valence-electron chi connectivity index (χ4n) is 1.74. The van der Waals surface area contributed by atoms with Gasteiger partial charge in [-0.05, 0) is 19.1 Å². The molecule has 0 unspecified atom stereocenters. The molecular weight excluding hydrogens is 358 g/mol. The molecule has 0 amide bonds. The van der Waals surface area contributed by atoms with Crippen molar-refractivity contribution >= 4 is 40.8 Å². The molecule has 1 aromatic heterocycles. The average molecular weight is 372 g/mol. The lowest BCUT2D eigenvalue weighted by atomic mass is 10.3. The number of nitro benzene ring substituents is 1. The zero-order valence-electron chi connectivity index (χ0n) is 12.2. The van der Waals surface area contributed by atoms with Gasteiger partial charge in [0.25, 0.3) is 11.2 Å². The van der Waals surface area contributed by atoms with Gasteiger partial charge in [-0.2, -0.15) is 0 Å². The zero-order valence-corrected chi connectivity index (χ0v) is 14.6. The van der Waals surface area contributed by atoms with E-state index in [-0.39, 0.29) is 16.5 Å². The molecule has 0 saturated carbocycles. The number of alkyl halides is 1. The third-order valence-electron chi connectivity index (χ3n) is 2.78. The maximum Gasteiger partial charge on any atom is 0.269 e. The number of aromatic amines is 1. The van der Waals surface area contributed by atoms with Crippen LogP contribution in [0.25, 0.3) is 0 Å². The van der Waals surface area contributed by atoms with Crippen LogP contribution >= 0.6 is 35.1 Å². The Balaban J connectivity index is 1.97. The quantitative estimate of drug-likeness (QED) is 0.263. The molecule has 0 fully saturated rings. The highest BCUT2D eigenvalue weighted by Crippen LogP contribution is 2.29. The Morgan fingerprint density at radius 1 is 1.39 bits per heavy atom. The number of nitro groups is 1. The molecule has 1 aromatic carbocycles. The highest BCUT2D eigenvalue weighted by atomic mass is 35.5. The molecule has 1 heterocycles. The second-order valence-electron chi connectivity index (χ2n) is 4.65. The minimum Gasteiger partial charge on any atom is -0.301 e. The number of aromatic nitrogens is 2. The lowest BCUT2D eigenvalue weighted by Gasteiger charge is -2.12. The number of thioether (sulfide) groups is 2. The Hall–Kier alpha value is -1.51. The van der Waals surface area contributed by atoms with Crippen molar-refractivity contribution in [2.75, 3.05) is 11.6 Å². The first-order chi connectivity index (χ1) is 11.0. The molecule has 23 heavy (non-hydrogen) atoms. The number of hydrogen-bond donors (Lipinski definition) is 1. The van der Waals surface area contributed by atoms with Crippen molar-refractivity contribution in [3.63, 3.8) is 0 Å². The van der Waals surface area contributed by atoms with Crippen molar-refractivity contribution < 1.29 is 4.92 Å². The molecule has 0 aliphatic carbocycles. The van der Waals surface area contributed by atoms with E-state index >= 15 is 0 Å². The summed E-state index contributed by atoms with van der Waals surface area (Å²) in [6.07, 6.45) is 0. The summed E-state index contributed by atoms with van der Waals surface area (Å²) < 4.78 is 0. The smallest absolute Gasteiger partial charge is 0.269 e. The number of halogens is 1. The molecule has 1 N–H and O–H groups in total. The standard InChI is InChI=1S/C14H14ClN3O3S2/c1-9-6-13(19)17-14(16-9)22-8-12(7-15)23-11-4-2-10(3-5-11)18(20)21/h2-6,12H,7-8H2,1H3,(H,16,17,19)/t12-/m0/s1. The number of nitrogens with zero attached hydrogens (tertiary/aromatic N) is 2. The van der Waals surface area contributed by atoms with Gasteiger partial charge in [-0.15, -0.1) is 23.4 Å². The van der Waals surface area contributed by atoms with Crippen LogP contribution in [0.2, 0.25) is 0 Å². The van der Waals surface area contributed by atoms with Crippen molar-refractivity contribution in [3.8, 4) is 0 Å². The Labute approximate surface area is 146 Å².